The monoisotopic (exact) mass is 356 g/mol. The van der Waals surface area contributed by atoms with Gasteiger partial charge in [-0.25, -0.2) is 0 Å². The zero-order chi connectivity index (χ0) is 18.9. The first-order valence-electron chi connectivity index (χ1n) is 8.44. The number of benzene rings is 2. The number of hydrogen-bond donors (Lipinski definition) is 1. The van der Waals surface area contributed by atoms with E-state index in [4.69, 9.17) is 9.47 Å². The summed E-state index contributed by atoms with van der Waals surface area (Å²) in [6.07, 6.45) is -0.116. The standard InChI is InChI=1S/C20H24N2O4/c1-4-18(26-17-8-6-5-7-9-17)20(24)22(2)14-19(23)21-15-10-12-16(25-3)13-11-15/h5-13,18H,4,14H2,1-3H3,(H,21,23)/t18-/m1/s1. The summed E-state index contributed by atoms with van der Waals surface area (Å²) in [6, 6.07) is 16.2. The van der Waals surface area contributed by atoms with Gasteiger partial charge in [0.15, 0.2) is 6.10 Å². The molecule has 0 fully saturated rings. The second-order valence-electron chi connectivity index (χ2n) is 5.80. The summed E-state index contributed by atoms with van der Waals surface area (Å²) >= 11 is 0. The van der Waals surface area contributed by atoms with Crippen LogP contribution in [-0.2, 0) is 9.59 Å². The fourth-order valence-electron chi connectivity index (χ4n) is 2.39. The van der Waals surface area contributed by atoms with E-state index in [2.05, 4.69) is 5.32 Å². The second kappa shape index (κ2) is 9.46. The van der Waals surface area contributed by atoms with Gasteiger partial charge in [-0.1, -0.05) is 25.1 Å². The molecular formula is C20H24N2O4. The number of hydrogen-bond acceptors (Lipinski definition) is 4. The summed E-state index contributed by atoms with van der Waals surface area (Å²) < 4.78 is 10.8. The first-order chi connectivity index (χ1) is 12.5. The number of carbonyl (C=O) groups excluding carboxylic acids is 2. The number of methoxy groups -OCH3 is 1. The molecule has 2 aromatic rings. The zero-order valence-corrected chi connectivity index (χ0v) is 15.3. The Kier molecular flexibility index (Phi) is 7.02. The molecule has 0 aromatic heterocycles. The molecule has 0 spiro atoms. The Labute approximate surface area is 153 Å². The average Bonchev–Trinajstić information content (AvgIpc) is 2.66. The number of nitrogens with one attached hydrogen (secondary N) is 1. The van der Waals surface area contributed by atoms with Crippen LogP contribution in [0, 0.1) is 0 Å². The highest BCUT2D eigenvalue weighted by atomic mass is 16.5. The van der Waals surface area contributed by atoms with Crippen LogP contribution in [0.25, 0.3) is 0 Å². The van der Waals surface area contributed by atoms with E-state index in [0.717, 1.165) is 0 Å². The second-order valence-corrected chi connectivity index (χ2v) is 5.80. The summed E-state index contributed by atoms with van der Waals surface area (Å²) in [5, 5.41) is 2.76. The SMILES string of the molecule is CC[C@@H](Oc1ccccc1)C(=O)N(C)CC(=O)Nc1ccc(OC)cc1. The molecule has 26 heavy (non-hydrogen) atoms. The molecule has 0 unspecified atom stereocenters. The van der Waals surface area contributed by atoms with Crippen molar-refractivity contribution in [2.75, 3.05) is 26.0 Å². The van der Waals surface area contributed by atoms with E-state index in [1.165, 1.54) is 4.90 Å². The molecular weight excluding hydrogens is 332 g/mol. The summed E-state index contributed by atoms with van der Waals surface area (Å²) in [4.78, 5) is 26.1. The Balaban J connectivity index is 1.90. The molecule has 2 amide bonds. The van der Waals surface area contributed by atoms with Crippen LogP contribution in [0.1, 0.15) is 13.3 Å². The highest BCUT2D eigenvalue weighted by molar-refractivity contribution is 5.95. The van der Waals surface area contributed by atoms with E-state index >= 15 is 0 Å². The molecule has 0 aliphatic carbocycles. The van der Waals surface area contributed by atoms with Crippen molar-refractivity contribution in [3.63, 3.8) is 0 Å². The van der Waals surface area contributed by atoms with Crippen molar-refractivity contribution in [1.29, 1.82) is 0 Å². The molecule has 6 nitrogen and oxygen atoms in total. The Morgan fingerprint density at radius 3 is 2.27 bits per heavy atom. The molecule has 1 N–H and O–H groups in total. The summed E-state index contributed by atoms with van der Waals surface area (Å²) in [6.45, 7) is 1.82. The van der Waals surface area contributed by atoms with Crippen LogP contribution in [0.15, 0.2) is 54.6 Å². The van der Waals surface area contributed by atoms with Gasteiger partial charge in [0.25, 0.3) is 5.91 Å². The van der Waals surface area contributed by atoms with Crippen molar-refractivity contribution < 1.29 is 19.1 Å². The maximum atomic E-state index is 12.6. The lowest BCUT2D eigenvalue weighted by Crippen LogP contribution is -2.43. The highest BCUT2D eigenvalue weighted by Crippen LogP contribution is 2.16. The Morgan fingerprint density at radius 1 is 1.04 bits per heavy atom. The van der Waals surface area contributed by atoms with Gasteiger partial charge in [0.05, 0.1) is 13.7 Å². The lowest BCUT2D eigenvalue weighted by molar-refractivity contribution is -0.139. The van der Waals surface area contributed by atoms with Gasteiger partial charge < -0.3 is 19.7 Å². The Hall–Kier alpha value is -3.02. The van der Waals surface area contributed by atoms with Crippen LogP contribution in [0.5, 0.6) is 11.5 Å². The number of nitrogens with zero attached hydrogens (tertiary/aromatic N) is 1. The van der Waals surface area contributed by atoms with E-state index < -0.39 is 6.10 Å². The number of ether oxygens (including phenoxy) is 2. The molecule has 138 valence electrons. The number of para-hydroxylation sites is 1. The van der Waals surface area contributed by atoms with Crippen LogP contribution in [0.4, 0.5) is 5.69 Å². The minimum absolute atomic E-state index is 0.0560. The van der Waals surface area contributed by atoms with Gasteiger partial charge in [0.2, 0.25) is 5.91 Å². The van der Waals surface area contributed by atoms with Gasteiger partial charge >= 0.3 is 0 Å². The van der Waals surface area contributed by atoms with Gasteiger partial charge in [-0.3, -0.25) is 9.59 Å². The van der Waals surface area contributed by atoms with Gasteiger partial charge in [-0.05, 0) is 42.8 Å². The van der Waals surface area contributed by atoms with Crippen molar-refractivity contribution in [2.45, 2.75) is 19.4 Å². The van der Waals surface area contributed by atoms with Crippen molar-refractivity contribution in [2.24, 2.45) is 0 Å². The lowest BCUT2D eigenvalue weighted by atomic mass is 10.2. The maximum Gasteiger partial charge on any atom is 0.263 e. The van der Waals surface area contributed by atoms with Gasteiger partial charge in [0, 0.05) is 12.7 Å². The normalized spacial score (nSPS) is 11.3. The van der Waals surface area contributed by atoms with E-state index in [1.54, 1.807) is 50.6 Å². The molecule has 0 saturated carbocycles. The minimum Gasteiger partial charge on any atom is -0.497 e. The first-order valence-corrected chi connectivity index (χ1v) is 8.44. The number of anilines is 1. The van der Waals surface area contributed by atoms with Crippen molar-refractivity contribution in [1.82, 2.24) is 4.90 Å². The lowest BCUT2D eigenvalue weighted by Gasteiger charge is -2.23. The van der Waals surface area contributed by atoms with Crippen LogP contribution < -0.4 is 14.8 Å². The molecule has 2 rings (SSSR count). The third-order valence-corrected chi connectivity index (χ3v) is 3.80. The highest BCUT2D eigenvalue weighted by Gasteiger charge is 2.23. The third-order valence-electron chi connectivity index (χ3n) is 3.80. The smallest absolute Gasteiger partial charge is 0.263 e. The maximum absolute atomic E-state index is 12.6. The number of rotatable bonds is 8. The fraction of sp³-hybridized carbons (Fsp3) is 0.300. The Bertz CT molecular complexity index is 716. The van der Waals surface area contributed by atoms with Crippen LogP contribution in [0.3, 0.4) is 0 Å². The Morgan fingerprint density at radius 2 is 1.69 bits per heavy atom. The van der Waals surface area contributed by atoms with Crippen LogP contribution >= 0.6 is 0 Å². The molecule has 0 aliphatic heterocycles. The molecule has 0 heterocycles. The first kappa shape index (κ1) is 19.3. The summed E-state index contributed by atoms with van der Waals surface area (Å²) in [7, 11) is 3.17. The fourth-order valence-corrected chi connectivity index (χ4v) is 2.39. The van der Waals surface area contributed by atoms with E-state index in [9.17, 15) is 9.59 Å². The molecule has 1 atom stereocenters. The van der Waals surface area contributed by atoms with Gasteiger partial charge in [0.1, 0.15) is 11.5 Å². The van der Waals surface area contributed by atoms with Crippen LogP contribution in [0.2, 0.25) is 0 Å². The topological polar surface area (TPSA) is 67.9 Å². The van der Waals surface area contributed by atoms with Crippen molar-refractivity contribution >= 4 is 17.5 Å². The minimum atomic E-state index is -0.629. The summed E-state index contributed by atoms with van der Waals surface area (Å²) in [5.74, 6) is 0.824. The molecule has 2 aromatic carbocycles. The van der Waals surface area contributed by atoms with E-state index in [0.29, 0.717) is 23.6 Å². The predicted molar refractivity (Wildman–Crippen MR) is 100 cm³/mol. The summed E-state index contributed by atoms with van der Waals surface area (Å²) in [5.41, 5.74) is 0.643. The molecule has 0 aliphatic rings. The van der Waals surface area contributed by atoms with E-state index in [1.807, 2.05) is 25.1 Å². The average molecular weight is 356 g/mol. The van der Waals surface area contributed by atoms with Gasteiger partial charge in [-0.15, -0.1) is 0 Å². The third kappa shape index (κ3) is 5.51. The quantitative estimate of drug-likeness (QED) is 0.790. The molecule has 0 bridgehead atoms. The molecule has 0 saturated heterocycles. The molecule has 6 heteroatoms. The zero-order valence-electron chi connectivity index (χ0n) is 15.3. The number of amides is 2. The van der Waals surface area contributed by atoms with Crippen LogP contribution in [-0.4, -0.2) is 43.5 Å². The number of carbonyl (C=O) groups is 2. The predicted octanol–water partition coefficient (Wildman–Crippen LogP) is 2.95. The van der Waals surface area contributed by atoms with Crippen molar-refractivity contribution in [3.05, 3.63) is 54.6 Å². The van der Waals surface area contributed by atoms with Crippen molar-refractivity contribution in [3.8, 4) is 11.5 Å². The largest absolute Gasteiger partial charge is 0.497 e. The van der Waals surface area contributed by atoms with E-state index in [-0.39, 0.29) is 18.4 Å². The van der Waals surface area contributed by atoms with Gasteiger partial charge in [-0.2, -0.15) is 0 Å². The number of likely N-dealkylation sites (N-methyl/N-ethyl adjacent to an activating group) is 1. The molecule has 0 radical (unpaired) electrons.